The van der Waals surface area contributed by atoms with Gasteiger partial charge in [0.2, 0.25) is 0 Å². The molecule has 2 N–H and O–H groups in total. The summed E-state index contributed by atoms with van der Waals surface area (Å²) in [5.74, 6) is -2.64. The maximum atomic E-state index is 14.4. The number of morpholine rings is 1. The Kier molecular flexibility index (Phi) is 9.71. The molecule has 2 heterocycles. The molecular weight excluding hydrogens is 536 g/mol. The SMILES string of the molecule is C=CC[C@]1(C(C(=O)OCC[Si](C)(C)C)C2CCNCC2)C(=O)O[C@H](c2ccccc2)[C@H](c2ccccc2)N1C(=O)O. The van der Waals surface area contributed by atoms with Crippen LogP contribution >= 0.6 is 0 Å². The van der Waals surface area contributed by atoms with Crippen molar-refractivity contribution in [3.8, 4) is 0 Å². The minimum absolute atomic E-state index is 0.0826. The predicted molar refractivity (Wildman–Crippen MR) is 160 cm³/mol. The van der Waals surface area contributed by atoms with Crippen LogP contribution in [0.15, 0.2) is 73.3 Å². The van der Waals surface area contributed by atoms with E-state index in [1.807, 2.05) is 60.7 Å². The molecule has 0 aromatic heterocycles. The third kappa shape index (κ3) is 6.57. The average Bonchev–Trinajstić information content (AvgIpc) is 2.95. The van der Waals surface area contributed by atoms with E-state index in [-0.39, 0.29) is 18.9 Å². The zero-order chi connectivity index (χ0) is 29.6. The number of piperidine rings is 1. The summed E-state index contributed by atoms with van der Waals surface area (Å²) < 4.78 is 12.2. The summed E-state index contributed by atoms with van der Waals surface area (Å²) >= 11 is 0. The maximum Gasteiger partial charge on any atom is 0.408 e. The first kappa shape index (κ1) is 30.5. The van der Waals surface area contributed by atoms with Crippen LogP contribution in [-0.2, 0) is 19.1 Å². The van der Waals surface area contributed by atoms with Gasteiger partial charge < -0.3 is 19.9 Å². The molecule has 2 aromatic carbocycles. The summed E-state index contributed by atoms with van der Waals surface area (Å²) in [6.07, 6.45) is 0.437. The molecule has 220 valence electrons. The molecule has 2 saturated heterocycles. The minimum atomic E-state index is -1.85. The molecule has 0 bridgehead atoms. The average molecular weight is 579 g/mol. The Bertz CT molecular complexity index is 1210. The molecule has 8 nitrogen and oxygen atoms in total. The number of rotatable bonds is 10. The number of esters is 2. The summed E-state index contributed by atoms with van der Waals surface area (Å²) in [5.41, 5.74) is -0.511. The van der Waals surface area contributed by atoms with Gasteiger partial charge in [-0.3, -0.25) is 9.69 Å². The van der Waals surface area contributed by atoms with Crippen molar-refractivity contribution in [2.75, 3.05) is 19.7 Å². The summed E-state index contributed by atoms with van der Waals surface area (Å²) in [4.78, 5) is 43.2. The molecular formula is C32H42N2O6Si. The van der Waals surface area contributed by atoms with Gasteiger partial charge in [0.15, 0.2) is 11.6 Å². The molecule has 1 amide bonds. The van der Waals surface area contributed by atoms with Gasteiger partial charge in [0.05, 0.1) is 12.5 Å². The van der Waals surface area contributed by atoms with Gasteiger partial charge >= 0.3 is 18.0 Å². The fourth-order valence-corrected chi connectivity index (χ4v) is 6.94. The van der Waals surface area contributed by atoms with Gasteiger partial charge in [-0.25, -0.2) is 9.59 Å². The van der Waals surface area contributed by atoms with Crippen LogP contribution in [0.25, 0.3) is 0 Å². The van der Waals surface area contributed by atoms with Crippen LogP contribution < -0.4 is 5.32 Å². The van der Waals surface area contributed by atoms with Gasteiger partial charge in [0.1, 0.15) is 6.04 Å². The minimum Gasteiger partial charge on any atom is -0.466 e. The summed E-state index contributed by atoms with van der Waals surface area (Å²) in [7, 11) is -1.52. The number of hydrogen-bond donors (Lipinski definition) is 2. The van der Waals surface area contributed by atoms with Crippen LogP contribution in [0.5, 0.6) is 0 Å². The van der Waals surface area contributed by atoms with Gasteiger partial charge in [-0.1, -0.05) is 86.4 Å². The highest BCUT2D eigenvalue weighted by atomic mass is 28.3. The topological polar surface area (TPSA) is 105 Å². The lowest BCUT2D eigenvalue weighted by Crippen LogP contribution is -2.69. The van der Waals surface area contributed by atoms with Crippen LogP contribution in [0, 0.1) is 11.8 Å². The number of hydrogen-bond acceptors (Lipinski definition) is 6. The van der Waals surface area contributed by atoms with Crippen molar-refractivity contribution < 1.29 is 29.0 Å². The number of amides is 1. The predicted octanol–water partition coefficient (Wildman–Crippen LogP) is 5.82. The van der Waals surface area contributed by atoms with E-state index in [2.05, 4.69) is 31.5 Å². The summed E-state index contributed by atoms with van der Waals surface area (Å²) in [6.45, 7) is 12.0. The molecule has 0 radical (unpaired) electrons. The molecule has 1 unspecified atom stereocenters. The lowest BCUT2D eigenvalue weighted by atomic mass is 9.67. The number of carboxylic acid groups (broad SMARTS) is 1. The van der Waals surface area contributed by atoms with Crippen molar-refractivity contribution in [2.45, 2.75) is 62.6 Å². The zero-order valence-electron chi connectivity index (χ0n) is 24.3. The van der Waals surface area contributed by atoms with Crippen molar-refractivity contribution >= 4 is 26.1 Å². The number of benzene rings is 2. The van der Waals surface area contributed by atoms with E-state index >= 15 is 0 Å². The van der Waals surface area contributed by atoms with Gasteiger partial charge in [-0.2, -0.15) is 0 Å². The number of carbonyl (C=O) groups is 3. The quantitative estimate of drug-likeness (QED) is 0.208. The smallest absolute Gasteiger partial charge is 0.408 e. The molecule has 41 heavy (non-hydrogen) atoms. The molecule has 0 aliphatic carbocycles. The van der Waals surface area contributed by atoms with Crippen molar-refractivity contribution in [3.05, 3.63) is 84.4 Å². The van der Waals surface area contributed by atoms with E-state index in [9.17, 15) is 19.5 Å². The second-order valence-corrected chi connectivity index (χ2v) is 17.8. The molecule has 0 spiro atoms. The number of nitrogens with one attached hydrogen (secondary N) is 1. The highest BCUT2D eigenvalue weighted by Crippen LogP contribution is 2.52. The summed E-state index contributed by atoms with van der Waals surface area (Å²) in [5, 5.41) is 14.3. The van der Waals surface area contributed by atoms with Crippen LogP contribution in [0.2, 0.25) is 25.7 Å². The Labute approximate surface area is 243 Å². The number of ether oxygens (including phenoxy) is 2. The van der Waals surface area contributed by atoms with Crippen molar-refractivity contribution in [1.82, 2.24) is 10.2 Å². The highest BCUT2D eigenvalue weighted by Gasteiger charge is 2.64. The Morgan fingerprint density at radius 1 is 1.10 bits per heavy atom. The fourth-order valence-electron chi connectivity index (χ4n) is 6.23. The normalized spacial score (nSPS) is 24.3. The third-order valence-electron chi connectivity index (χ3n) is 8.23. The lowest BCUT2D eigenvalue weighted by Gasteiger charge is -2.54. The lowest BCUT2D eigenvalue weighted by molar-refractivity contribution is -0.201. The molecule has 2 fully saturated rings. The molecule has 2 aliphatic heterocycles. The molecule has 4 atom stereocenters. The Morgan fingerprint density at radius 3 is 2.22 bits per heavy atom. The molecule has 4 rings (SSSR count). The molecule has 2 aromatic rings. The Balaban J connectivity index is 1.90. The van der Waals surface area contributed by atoms with Gasteiger partial charge in [-0.15, -0.1) is 6.58 Å². The Hall–Kier alpha value is -3.43. The second kappa shape index (κ2) is 13.0. The van der Waals surface area contributed by atoms with Gasteiger partial charge in [0, 0.05) is 14.5 Å². The van der Waals surface area contributed by atoms with E-state index in [4.69, 9.17) is 9.47 Å². The highest BCUT2D eigenvalue weighted by molar-refractivity contribution is 6.76. The number of carbonyl (C=O) groups excluding carboxylic acids is 2. The maximum absolute atomic E-state index is 14.4. The first-order chi connectivity index (χ1) is 19.6. The van der Waals surface area contributed by atoms with E-state index in [1.165, 1.54) is 11.0 Å². The van der Waals surface area contributed by atoms with E-state index < -0.39 is 49.7 Å². The van der Waals surface area contributed by atoms with Crippen molar-refractivity contribution in [1.29, 1.82) is 0 Å². The first-order valence-electron chi connectivity index (χ1n) is 14.4. The van der Waals surface area contributed by atoms with E-state index in [0.29, 0.717) is 37.1 Å². The molecule has 0 saturated carbocycles. The third-order valence-corrected chi connectivity index (χ3v) is 9.94. The number of cyclic esters (lactones) is 1. The van der Waals surface area contributed by atoms with Crippen LogP contribution in [0.4, 0.5) is 4.79 Å². The van der Waals surface area contributed by atoms with Crippen LogP contribution in [-0.4, -0.2) is 61.3 Å². The van der Waals surface area contributed by atoms with Crippen molar-refractivity contribution in [2.24, 2.45) is 11.8 Å². The Morgan fingerprint density at radius 2 is 1.68 bits per heavy atom. The summed E-state index contributed by atoms with van der Waals surface area (Å²) in [6, 6.07) is 18.2. The van der Waals surface area contributed by atoms with Crippen molar-refractivity contribution in [3.63, 3.8) is 0 Å². The number of nitrogens with zero attached hydrogens (tertiary/aromatic N) is 1. The molecule has 9 heteroatoms. The fraction of sp³-hybridized carbons (Fsp3) is 0.469. The second-order valence-electron chi connectivity index (χ2n) is 12.2. The molecule has 2 aliphatic rings. The zero-order valence-corrected chi connectivity index (χ0v) is 25.3. The standard InChI is InChI=1S/C32H42N2O6Si/c1-5-18-32(26(23-16-19-33-20-17-23)29(35)39-21-22-41(2,3)4)30(36)40-28(25-14-10-7-11-15-25)27(34(32)31(37)38)24-12-8-6-9-13-24/h5-15,23,26-28,33H,1,16-22H2,2-4H3,(H,37,38)/t26?,27-,28+,32-/m0/s1. The van der Waals surface area contributed by atoms with E-state index in [1.54, 1.807) is 0 Å². The van der Waals surface area contributed by atoms with Crippen LogP contribution in [0.3, 0.4) is 0 Å². The van der Waals surface area contributed by atoms with Crippen LogP contribution in [0.1, 0.15) is 42.5 Å². The monoisotopic (exact) mass is 578 g/mol. The van der Waals surface area contributed by atoms with Gasteiger partial charge in [-0.05, 0) is 49.0 Å². The largest absolute Gasteiger partial charge is 0.466 e. The van der Waals surface area contributed by atoms with E-state index in [0.717, 1.165) is 6.04 Å². The van der Waals surface area contributed by atoms with Gasteiger partial charge in [0.25, 0.3) is 0 Å². The first-order valence-corrected chi connectivity index (χ1v) is 18.1.